The second-order valence-electron chi connectivity index (χ2n) is 4.69. The number of ether oxygens (including phenoxy) is 1. The second-order valence-corrected chi connectivity index (χ2v) is 6.85. The van der Waals surface area contributed by atoms with Crippen molar-refractivity contribution in [1.29, 1.82) is 0 Å². The number of carbonyl (C=O) groups excluding carboxylic acids is 1. The van der Waals surface area contributed by atoms with Crippen LogP contribution in [0.25, 0.3) is 0 Å². The van der Waals surface area contributed by atoms with Crippen LogP contribution in [0, 0.1) is 0 Å². The molecule has 1 fully saturated rings. The summed E-state index contributed by atoms with van der Waals surface area (Å²) in [6.07, 6.45) is -0.912. The highest BCUT2D eigenvalue weighted by molar-refractivity contribution is 7.91. The number of hydrogen-bond acceptors (Lipinski definition) is 6. The topological polar surface area (TPSA) is 92.7 Å². The second kappa shape index (κ2) is 5.80. The monoisotopic (exact) mass is 299 g/mol. The highest BCUT2D eigenvalue weighted by Gasteiger charge is 2.36. The quantitative estimate of drug-likeness (QED) is 0.783. The van der Waals surface area contributed by atoms with E-state index in [-0.39, 0.29) is 11.5 Å². The molecule has 0 spiro atoms. The summed E-state index contributed by atoms with van der Waals surface area (Å²) in [4.78, 5) is 11.5. The molecule has 1 heterocycles. The highest BCUT2D eigenvalue weighted by Crippen LogP contribution is 2.18. The van der Waals surface area contributed by atoms with E-state index in [9.17, 15) is 18.3 Å². The Kier molecular flexibility index (Phi) is 4.29. The molecular weight excluding hydrogens is 282 g/mol. The number of aliphatic hydroxyl groups excluding tert-OH is 1. The molecule has 20 heavy (non-hydrogen) atoms. The van der Waals surface area contributed by atoms with E-state index < -0.39 is 28.0 Å². The zero-order valence-corrected chi connectivity index (χ0v) is 11.9. The predicted octanol–water partition coefficient (Wildman–Crippen LogP) is 0.433. The minimum atomic E-state index is -3.18. The molecule has 0 aromatic heterocycles. The van der Waals surface area contributed by atoms with Crippen LogP contribution in [0.15, 0.2) is 24.3 Å². The molecule has 2 rings (SSSR count). The number of sulfone groups is 1. The van der Waals surface area contributed by atoms with E-state index in [4.69, 9.17) is 4.74 Å². The van der Waals surface area contributed by atoms with Gasteiger partial charge in [-0.3, -0.25) is 0 Å². The SMILES string of the molecule is CCOC(=O)c1ccc(N[C@@H]2CS(=O)(=O)C[C@H]2O)cc1. The fourth-order valence-electron chi connectivity index (χ4n) is 2.10. The van der Waals surface area contributed by atoms with Gasteiger partial charge in [-0.05, 0) is 31.2 Å². The zero-order valence-electron chi connectivity index (χ0n) is 11.1. The Morgan fingerprint density at radius 1 is 1.35 bits per heavy atom. The van der Waals surface area contributed by atoms with Crippen LogP contribution in [0.2, 0.25) is 0 Å². The molecule has 110 valence electrons. The lowest BCUT2D eigenvalue weighted by atomic mass is 10.1. The van der Waals surface area contributed by atoms with Gasteiger partial charge in [0.15, 0.2) is 9.84 Å². The number of carbonyl (C=O) groups is 1. The lowest BCUT2D eigenvalue weighted by Crippen LogP contribution is -2.31. The van der Waals surface area contributed by atoms with Gasteiger partial charge in [-0.15, -0.1) is 0 Å². The van der Waals surface area contributed by atoms with Crippen molar-refractivity contribution in [2.24, 2.45) is 0 Å². The molecule has 0 radical (unpaired) electrons. The van der Waals surface area contributed by atoms with E-state index in [2.05, 4.69) is 5.32 Å². The Bertz CT molecular complexity index is 581. The van der Waals surface area contributed by atoms with E-state index in [1.165, 1.54) is 0 Å². The summed E-state index contributed by atoms with van der Waals surface area (Å²) in [6.45, 7) is 2.04. The van der Waals surface area contributed by atoms with Gasteiger partial charge >= 0.3 is 5.97 Å². The molecule has 1 aromatic rings. The van der Waals surface area contributed by atoms with Crippen LogP contribution < -0.4 is 5.32 Å². The van der Waals surface area contributed by atoms with Crippen LogP contribution in [0.1, 0.15) is 17.3 Å². The van der Waals surface area contributed by atoms with Gasteiger partial charge < -0.3 is 15.2 Å². The summed E-state index contributed by atoms with van der Waals surface area (Å²) >= 11 is 0. The first-order valence-electron chi connectivity index (χ1n) is 6.33. The van der Waals surface area contributed by atoms with Crippen molar-refractivity contribution in [3.8, 4) is 0 Å². The minimum Gasteiger partial charge on any atom is -0.462 e. The number of aliphatic hydroxyl groups is 1. The first-order valence-corrected chi connectivity index (χ1v) is 8.15. The van der Waals surface area contributed by atoms with Crippen LogP contribution in [0.4, 0.5) is 5.69 Å². The molecule has 2 atom stereocenters. The van der Waals surface area contributed by atoms with Gasteiger partial charge in [-0.1, -0.05) is 0 Å². The van der Waals surface area contributed by atoms with Gasteiger partial charge in [0.25, 0.3) is 0 Å². The van der Waals surface area contributed by atoms with E-state index in [1.807, 2.05) is 0 Å². The number of esters is 1. The molecule has 0 saturated carbocycles. The lowest BCUT2D eigenvalue weighted by molar-refractivity contribution is 0.0526. The molecule has 1 aromatic carbocycles. The summed E-state index contributed by atoms with van der Waals surface area (Å²) in [5, 5.41) is 12.6. The van der Waals surface area contributed by atoms with Gasteiger partial charge in [0.1, 0.15) is 0 Å². The first kappa shape index (κ1) is 14.8. The molecule has 0 amide bonds. The third-order valence-corrected chi connectivity index (χ3v) is 4.79. The number of benzene rings is 1. The fraction of sp³-hybridized carbons (Fsp3) is 0.462. The Hall–Kier alpha value is -1.60. The van der Waals surface area contributed by atoms with Gasteiger partial charge in [0.05, 0.1) is 35.8 Å². The fourth-order valence-corrected chi connectivity index (χ4v) is 3.84. The van der Waals surface area contributed by atoms with Gasteiger partial charge in [-0.2, -0.15) is 0 Å². The lowest BCUT2D eigenvalue weighted by Gasteiger charge is -2.16. The normalized spacial score (nSPS) is 24.3. The van der Waals surface area contributed by atoms with Crippen molar-refractivity contribution in [1.82, 2.24) is 0 Å². The summed E-state index contributed by atoms with van der Waals surface area (Å²) in [5.74, 6) is -0.707. The molecule has 1 aliphatic heterocycles. The van der Waals surface area contributed by atoms with Crippen molar-refractivity contribution >= 4 is 21.5 Å². The van der Waals surface area contributed by atoms with Crippen LogP contribution >= 0.6 is 0 Å². The maximum absolute atomic E-state index is 11.5. The molecule has 2 N–H and O–H groups in total. The average Bonchev–Trinajstić information content (AvgIpc) is 2.63. The average molecular weight is 299 g/mol. The smallest absolute Gasteiger partial charge is 0.338 e. The van der Waals surface area contributed by atoms with E-state index in [0.29, 0.717) is 17.9 Å². The maximum atomic E-state index is 11.5. The Morgan fingerprint density at radius 3 is 2.50 bits per heavy atom. The Labute approximate surface area is 117 Å². The number of anilines is 1. The van der Waals surface area contributed by atoms with Gasteiger partial charge in [0.2, 0.25) is 0 Å². The van der Waals surface area contributed by atoms with Crippen LogP contribution in [-0.2, 0) is 14.6 Å². The highest BCUT2D eigenvalue weighted by atomic mass is 32.2. The molecule has 0 aliphatic carbocycles. The third-order valence-electron chi connectivity index (χ3n) is 3.07. The molecular formula is C13H17NO5S. The molecule has 1 saturated heterocycles. The standard InChI is InChI=1S/C13H17NO5S/c1-2-19-13(16)9-3-5-10(6-4-9)14-11-7-20(17,18)8-12(11)15/h3-6,11-12,14-15H,2,7-8H2,1H3/t11-,12-/m1/s1. The number of rotatable bonds is 4. The van der Waals surface area contributed by atoms with E-state index in [0.717, 1.165) is 0 Å². The van der Waals surface area contributed by atoms with E-state index >= 15 is 0 Å². The van der Waals surface area contributed by atoms with E-state index in [1.54, 1.807) is 31.2 Å². The summed E-state index contributed by atoms with van der Waals surface area (Å²) in [6, 6.07) is 5.98. The third kappa shape index (κ3) is 3.49. The number of nitrogens with one attached hydrogen (secondary N) is 1. The van der Waals surface area contributed by atoms with Crippen LogP contribution in [0.3, 0.4) is 0 Å². The molecule has 1 aliphatic rings. The summed E-state index contributed by atoms with van der Waals surface area (Å²) in [5.41, 5.74) is 1.08. The Balaban J connectivity index is 2.03. The predicted molar refractivity (Wildman–Crippen MR) is 74.5 cm³/mol. The minimum absolute atomic E-state index is 0.0895. The van der Waals surface area contributed by atoms with Crippen LogP contribution in [-0.4, -0.2) is 49.8 Å². The van der Waals surface area contributed by atoms with Crippen molar-refractivity contribution in [3.05, 3.63) is 29.8 Å². The first-order chi connectivity index (χ1) is 9.41. The van der Waals surface area contributed by atoms with Crippen molar-refractivity contribution < 1.29 is 23.1 Å². The molecule has 0 unspecified atom stereocenters. The summed E-state index contributed by atoms with van der Waals surface area (Å²) < 4.78 is 27.7. The largest absolute Gasteiger partial charge is 0.462 e. The Morgan fingerprint density at radius 2 is 2.00 bits per heavy atom. The molecule has 6 nitrogen and oxygen atoms in total. The van der Waals surface area contributed by atoms with Crippen molar-refractivity contribution in [2.45, 2.75) is 19.1 Å². The van der Waals surface area contributed by atoms with Crippen molar-refractivity contribution in [2.75, 3.05) is 23.4 Å². The van der Waals surface area contributed by atoms with Gasteiger partial charge in [-0.25, -0.2) is 13.2 Å². The summed E-state index contributed by atoms with van der Waals surface area (Å²) in [7, 11) is -3.18. The van der Waals surface area contributed by atoms with Crippen LogP contribution in [0.5, 0.6) is 0 Å². The maximum Gasteiger partial charge on any atom is 0.338 e. The zero-order chi connectivity index (χ0) is 14.8. The number of hydrogen-bond donors (Lipinski definition) is 2. The molecule has 0 bridgehead atoms. The van der Waals surface area contributed by atoms with Crippen molar-refractivity contribution in [3.63, 3.8) is 0 Å². The molecule has 7 heteroatoms. The van der Waals surface area contributed by atoms with Gasteiger partial charge in [0, 0.05) is 5.69 Å².